The van der Waals surface area contributed by atoms with Gasteiger partial charge in [0.1, 0.15) is 11.5 Å². The summed E-state index contributed by atoms with van der Waals surface area (Å²) in [6.45, 7) is 0.518. The topological polar surface area (TPSA) is 87.6 Å². The maximum Gasteiger partial charge on any atom is 0.237 e. The van der Waals surface area contributed by atoms with Crippen molar-refractivity contribution in [2.75, 3.05) is 13.7 Å². The summed E-state index contributed by atoms with van der Waals surface area (Å²) in [6, 6.07) is 7.45. The molecule has 2 unspecified atom stereocenters. The van der Waals surface area contributed by atoms with Crippen molar-refractivity contribution in [2.45, 2.75) is 31.2 Å². The summed E-state index contributed by atoms with van der Waals surface area (Å²) < 4.78 is 10.8. The van der Waals surface area contributed by atoms with Crippen LogP contribution in [0.5, 0.6) is 11.5 Å². The second kappa shape index (κ2) is 6.13. The molecule has 1 amide bonds. The van der Waals surface area contributed by atoms with Crippen LogP contribution in [0.3, 0.4) is 0 Å². The van der Waals surface area contributed by atoms with Gasteiger partial charge in [-0.25, -0.2) is 0 Å². The molecule has 2 rings (SSSR count). The van der Waals surface area contributed by atoms with Crippen LogP contribution in [0.1, 0.15) is 25.7 Å². The summed E-state index contributed by atoms with van der Waals surface area (Å²) in [6.07, 6.45) is 3.28. The Morgan fingerprint density at radius 2 is 2.20 bits per heavy atom. The van der Waals surface area contributed by atoms with Crippen molar-refractivity contribution in [1.29, 1.82) is 0 Å². The first kappa shape index (κ1) is 14.7. The van der Waals surface area contributed by atoms with Gasteiger partial charge in [0.15, 0.2) is 0 Å². The first-order valence-corrected chi connectivity index (χ1v) is 6.92. The fraction of sp³-hybridized carbons (Fsp3) is 0.533. The van der Waals surface area contributed by atoms with E-state index in [1.165, 1.54) is 0 Å². The third kappa shape index (κ3) is 3.04. The zero-order valence-corrected chi connectivity index (χ0v) is 11.8. The van der Waals surface area contributed by atoms with Crippen molar-refractivity contribution in [2.24, 2.45) is 17.4 Å². The Hall–Kier alpha value is -1.75. The Balaban J connectivity index is 1.88. The van der Waals surface area contributed by atoms with E-state index in [-0.39, 0.29) is 5.92 Å². The van der Waals surface area contributed by atoms with Crippen LogP contribution in [-0.2, 0) is 4.79 Å². The highest BCUT2D eigenvalue weighted by Crippen LogP contribution is 2.36. The Morgan fingerprint density at radius 3 is 2.90 bits per heavy atom. The molecular formula is C15H22N2O3. The van der Waals surface area contributed by atoms with Crippen LogP contribution in [0.2, 0.25) is 0 Å². The van der Waals surface area contributed by atoms with Crippen molar-refractivity contribution in [1.82, 2.24) is 0 Å². The standard InChI is InChI=1S/C15H22N2O3/c1-19-12-5-2-6-13(10-12)20-9-7-11-4-3-8-15(11,17)14(16)18/h2,5-6,10-11H,3-4,7-9,17H2,1H3,(H2,16,18). The van der Waals surface area contributed by atoms with E-state index in [4.69, 9.17) is 20.9 Å². The van der Waals surface area contributed by atoms with E-state index >= 15 is 0 Å². The summed E-state index contributed by atoms with van der Waals surface area (Å²) in [5.41, 5.74) is 10.7. The van der Waals surface area contributed by atoms with Crippen molar-refractivity contribution in [3.63, 3.8) is 0 Å². The molecule has 1 aromatic carbocycles. The lowest BCUT2D eigenvalue weighted by atomic mass is 9.85. The molecule has 0 spiro atoms. The van der Waals surface area contributed by atoms with Crippen molar-refractivity contribution < 1.29 is 14.3 Å². The molecule has 0 radical (unpaired) electrons. The lowest BCUT2D eigenvalue weighted by Gasteiger charge is -2.27. The van der Waals surface area contributed by atoms with Crippen molar-refractivity contribution in [3.05, 3.63) is 24.3 Å². The number of ether oxygens (including phenoxy) is 2. The summed E-state index contributed by atoms with van der Waals surface area (Å²) in [4.78, 5) is 11.5. The third-order valence-electron chi connectivity index (χ3n) is 4.11. The summed E-state index contributed by atoms with van der Waals surface area (Å²) in [5, 5.41) is 0. The number of nitrogens with two attached hydrogens (primary N) is 2. The average Bonchev–Trinajstić information content (AvgIpc) is 2.82. The first-order chi connectivity index (χ1) is 9.56. The van der Waals surface area contributed by atoms with E-state index in [1.54, 1.807) is 7.11 Å². The highest BCUT2D eigenvalue weighted by atomic mass is 16.5. The molecule has 1 aromatic rings. The normalized spacial score (nSPS) is 25.4. The number of carbonyl (C=O) groups is 1. The maximum absolute atomic E-state index is 11.5. The number of amides is 1. The molecule has 0 heterocycles. The zero-order valence-electron chi connectivity index (χ0n) is 11.8. The molecule has 0 aliphatic heterocycles. The molecule has 4 N–H and O–H groups in total. The minimum Gasteiger partial charge on any atom is -0.497 e. The molecule has 1 fully saturated rings. The van der Waals surface area contributed by atoms with E-state index in [9.17, 15) is 4.79 Å². The summed E-state index contributed by atoms with van der Waals surface area (Å²) >= 11 is 0. The van der Waals surface area contributed by atoms with Gasteiger partial charge in [-0.2, -0.15) is 0 Å². The predicted molar refractivity (Wildman–Crippen MR) is 76.6 cm³/mol. The highest BCUT2D eigenvalue weighted by molar-refractivity contribution is 5.85. The minimum atomic E-state index is -0.863. The van der Waals surface area contributed by atoms with E-state index in [1.807, 2.05) is 24.3 Å². The zero-order chi connectivity index (χ0) is 14.6. The van der Waals surface area contributed by atoms with Gasteiger partial charge in [-0.05, 0) is 37.3 Å². The van der Waals surface area contributed by atoms with Crippen LogP contribution in [0.15, 0.2) is 24.3 Å². The van der Waals surface area contributed by atoms with Gasteiger partial charge in [-0.15, -0.1) is 0 Å². The molecule has 1 aliphatic rings. The molecule has 2 atom stereocenters. The minimum absolute atomic E-state index is 0.102. The molecule has 0 saturated heterocycles. The molecule has 1 aliphatic carbocycles. The SMILES string of the molecule is COc1cccc(OCCC2CCCC2(N)C(N)=O)c1. The smallest absolute Gasteiger partial charge is 0.237 e. The molecule has 0 bridgehead atoms. The summed E-state index contributed by atoms with van der Waals surface area (Å²) in [7, 11) is 1.62. The number of benzene rings is 1. The van der Waals surface area contributed by atoms with E-state index < -0.39 is 11.4 Å². The van der Waals surface area contributed by atoms with Crippen LogP contribution in [0.25, 0.3) is 0 Å². The van der Waals surface area contributed by atoms with E-state index in [0.717, 1.165) is 30.8 Å². The predicted octanol–water partition coefficient (Wildman–Crippen LogP) is 1.45. The van der Waals surface area contributed by atoms with Gasteiger partial charge in [0.05, 0.1) is 19.3 Å². The Kier molecular flexibility index (Phi) is 4.49. The van der Waals surface area contributed by atoms with Crippen LogP contribution in [-0.4, -0.2) is 25.2 Å². The molecule has 5 heteroatoms. The molecule has 110 valence electrons. The largest absolute Gasteiger partial charge is 0.497 e. The Labute approximate surface area is 119 Å². The number of rotatable bonds is 6. The van der Waals surface area contributed by atoms with Gasteiger partial charge in [-0.3, -0.25) is 4.79 Å². The maximum atomic E-state index is 11.5. The molecule has 20 heavy (non-hydrogen) atoms. The molecule has 5 nitrogen and oxygen atoms in total. The highest BCUT2D eigenvalue weighted by Gasteiger charge is 2.43. The second-order valence-electron chi connectivity index (χ2n) is 5.31. The number of hydrogen-bond acceptors (Lipinski definition) is 4. The summed E-state index contributed by atoms with van der Waals surface area (Å²) in [5.74, 6) is 1.21. The van der Waals surface area contributed by atoms with Crippen molar-refractivity contribution >= 4 is 5.91 Å². The Bertz CT molecular complexity index is 478. The fourth-order valence-corrected chi connectivity index (χ4v) is 2.84. The molecule has 1 saturated carbocycles. The van der Waals surface area contributed by atoms with Crippen molar-refractivity contribution in [3.8, 4) is 11.5 Å². The quantitative estimate of drug-likeness (QED) is 0.824. The van der Waals surface area contributed by atoms with Gasteiger partial charge >= 0.3 is 0 Å². The van der Waals surface area contributed by atoms with Crippen LogP contribution >= 0.6 is 0 Å². The number of carbonyl (C=O) groups excluding carboxylic acids is 1. The van der Waals surface area contributed by atoms with Gasteiger partial charge in [0, 0.05) is 6.07 Å². The van der Waals surface area contributed by atoms with Crippen LogP contribution < -0.4 is 20.9 Å². The Morgan fingerprint density at radius 1 is 1.45 bits per heavy atom. The van der Waals surface area contributed by atoms with Gasteiger partial charge in [0.2, 0.25) is 5.91 Å². The molecule has 0 aromatic heterocycles. The van der Waals surface area contributed by atoms with Crippen LogP contribution in [0.4, 0.5) is 0 Å². The number of primary amides is 1. The van der Waals surface area contributed by atoms with Gasteiger partial charge in [0.25, 0.3) is 0 Å². The third-order valence-corrected chi connectivity index (χ3v) is 4.11. The number of hydrogen-bond donors (Lipinski definition) is 2. The van der Waals surface area contributed by atoms with Gasteiger partial charge in [-0.1, -0.05) is 12.5 Å². The second-order valence-corrected chi connectivity index (χ2v) is 5.31. The van der Waals surface area contributed by atoms with Crippen LogP contribution in [0, 0.1) is 5.92 Å². The first-order valence-electron chi connectivity index (χ1n) is 6.92. The molecular weight excluding hydrogens is 256 g/mol. The average molecular weight is 278 g/mol. The lowest BCUT2D eigenvalue weighted by molar-refractivity contribution is -0.124. The lowest BCUT2D eigenvalue weighted by Crippen LogP contribution is -2.54. The van der Waals surface area contributed by atoms with Gasteiger partial charge < -0.3 is 20.9 Å². The van der Waals surface area contributed by atoms with E-state index in [0.29, 0.717) is 13.0 Å². The van der Waals surface area contributed by atoms with E-state index in [2.05, 4.69) is 0 Å². The number of methoxy groups -OCH3 is 1. The monoisotopic (exact) mass is 278 g/mol. The fourth-order valence-electron chi connectivity index (χ4n) is 2.84.